The third-order valence-electron chi connectivity index (χ3n) is 2.89. The molecule has 1 aromatic rings. The van der Waals surface area contributed by atoms with Crippen LogP contribution in [0.3, 0.4) is 0 Å². The van der Waals surface area contributed by atoms with E-state index in [0.29, 0.717) is 0 Å². The molecule has 0 spiro atoms. The summed E-state index contributed by atoms with van der Waals surface area (Å²) in [6, 6.07) is 4.33. The van der Waals surface area contributed by atoms with Gasteiger partial charge in [-0.15, -0.1) is 0 Å². The van der Waals surface area contributed by atoms with Gasteiger partial charge in [-0.3, -0.25) is 0 Å². The molecule has 0 saturated carbocycles. The molecule has 0 radical (unpaired) electrons. The van der Waals surface area contributed by atoms with Gasteiger partial charge in [0.1, 0.15) is 0 Å². The van der Waals surface area contributed by atoms with Gasteiger partial charge in [0.15, 0.2) is 0 Å². The van der Waals surface area contributed by atoms with Gasteiger partial charge >= 0.3 is 0 Å². The van der Waals surface area contributed by atoms with Crippen molar-refractivity contribution in [1.82, 2.24) is 5.32 Å². The average Bonchev–Trinajstić information content (AvgIpc) is 2.23. The Bertz CT molecular complexity index is 365. The van der Waals surface area contributed by atoms with Crippen LogP contribution in [-0.2, 0) is 0 Å². The van der Waals surface area contributed by atoms with Crippen molar-refractivity contribution in [2.24, 2.45) is 0 Å². The normalized spacial score (nSPS) is 14.9. The first kappa shape index (κ1) is 13.5. The fourth-order valence-corrected chi connectivity index (χ4v) is 2.09. The van der Waals surface area contributed by atoms with Crippen LogP contribution in [0.5, 0.6) is 0 Å². The van der Waals surface area contributed by atoms with E-state index < -0.39 is 0 Å². The van der Waals surface area contributed by atoms with Crippen LogP contribution in [0.1, 0.15) is 36.6 Å². The predicted molar refractivity (Wildman–Crippen MR) is 69.0 cm³/mol. The molecule has 1 rings (SSSR count). The van der Waals surface area contributed by atoms with Crippen LogP contribution in [0.15, 0.2) is 12.1 Å². The molecule has 1 aromatic carbocycles. The zero-order valence-electron chi connectivity index (χ0n) is 10.3. The van der Waals surface area contributed by atoms with E-state index in [9.17, 15) is 0 Å². The number of hydrogen-bond donors (Lipinski definition) is 2. The van der Waals surface area contributed by atoms with E-state index in [0.717, 1.165) is 10.6 Å². The van der Waals surface area contributed by atoms with Crippen LogP contribution < -0.4 is 5.32 Å². The second-order valence-electron chi connectivity index (χ2n) is 4.43. The van der Waals surface area contributed by atoms with E-state index in [4.69, 9.17) is 16.7 Å². The van der Waals surface area contributed by atoms with E-state index in [2.05, 4.69) is 32.2 Å². The summed E-state index contributed by atoms with van der Waals surface area (Å²) in [4.78, 5) is 0. The second kappa shape index (κ2) is 5.67. The molecule has 0 amide bonds. The highest BCUT2D eigenvalue weighted by Gasteiger charge is 2.13. The van der Waals surface area contributed by atoms with Crippen LogP contribution in [0.25, 0.3) is 0 Å². The van der Waals surface area contributed by atoms with E-state index in [1.165, 1.54) is 11.1 Å². The number of hydrogen-bond acceptors (Lipinski definition) is 2. The third-order valence-corrected chi connectivity index (χ3v) is 3.22. The Balaban J connectivity index is 2.91. The molecule has 16 heavy (non-hydrogen) atoms. The van der Waals surface area contributed by atoms with E-state index in [1.807, 2.05) is 13.0 Å². The van der Waals surface area contributed by atoms with Gasteiger partial charge in [0.05, 0.1) is 6.61 Å². The van der Waals surface area contributed by atoms with Gasteiger partial charge in [0, 0.05) is 17.1 Å². The SMILES string of the molecule is Cc1cc(Cl)c(C(C)N[C@H](C)CO)cc1C. The molecular weight excluding hydrogens is 222 g/mol. The van der Waals surface area contributed by atoms with Crippen LogP contribution in [0.4, 0.5) is 0 Å². The Morgan fingerprint density at radius 2 is 1.81 bits per heavy atom. The molecule has 90 valence electrons. The van der Waals surface area contributed by atoms with Crippen molar-refractivity contribution in [2.75, 3.05) is 6.61 Å². The lowest BCUT2D eigenvalue weighted by molar-refractivity contribution is 0.243. The maximum atomic E-state index is 9.00. The van der Waals surface area contributed by atoms with Gasteiger partial charge in [-0.25, -0.2) is 0 Å². The van der Waals surface area contributed by atoms with Crippen LogP contribution >= 0.6 is 11.6 Å². The summed E-state index contributed by atoms with van der Waals surface area (Å²) in [6.45, 7) is 8.27. The van der Waals surface area contributed by atoms with E-state index in [1.54, 1.807) is 0 Å². The van der Waals surface area contributed by atoms with Gasteiger partial charge in [0.25, 0.3) is 0 Å². The maximum Gasteiger partial charge on any atom is 0.0582 e. The number of aliphatic hydroxyl groups is 1. The number of halogens is 1. The topological polar surface area (TPSA) is 32.3 Å². The first-order valence-electron chi connectivity index (χ1n) is 5.59. The van der Waals surface area contributed by atoms with Crippen LogP contribution in [0.2, 0.25) is 5.02 Å². The summed E-state index contributed by atoms with van der Waals surface area (Å²) in [5, 5.41) is 13.1. The standard InChI is InChI=1S/C13H20ClNO/c1-8-5-12(13(14)6-9(8)2)11(4)15-10(3)7-16/h5-6,10-11,15-16H,7H2,1-4H3/t10-,11?/m1/s1. The highest BCUT2D eigenvalue weighted by Crippen LogP contribution is 2.26. The maximum absolute atomic E-state index is 9.00. The lowest BCUT2D eigenvalue weighted by Gasteiger charge is -2.20. The minimum absolute atomic E-state index is 0.0766. The Kier molecular flexibility index (Phi) is 4.78. The molecular formula is C13H20ClNO. The highest BCUT2D eigenvalue weighted by molar-refractivity contribution is 6.31. The summed E-state index contributed by atoms with van der Waals surface area (Å²) in [6.07, 6.45) is 0. The summed E-state index contributed by atoms with van der Waals surface area (Å²) in [7, 11) is 0. The molecule has 0 aromatic heterocycles. The van der Waals surface area contributed by atoms with Gasteiger partial charge in [0.2, 0.25) is 0 Å². The van der Waals surface area contributed by atoms with Crippen molar-refractivity contribution in [3.63, 3.8) is 0 Å². The van der Waals surface area contributed by atoms with Crippen molar-refractivity contribution in [3.8, 4) is 0 Å². The Morgan fingerprint density at radius 3 is 2.38 bits per heavy atom. The van der Waals surface area contributed by atoms with Crippen molar-refractivity contribution < 1.29 is 5.11 Å². The summed E-state index contributed by atoms with van der Waals surface area (Å²) in [5.41, 5.74) is 3.53. The van der Waals surface area contributed by atoms with Crippen LogP contribution in [-0.4, -0.2) is 17.8 Å². The molecule has 0 aliphatic heterocycles. The minimum atomic E-state index is 0.0766. The Labute approximate surface area is 103 Å². The number of aryl methyl sites for hydroxylation is 2. The molecule has 3 heteroatoms. The van der Waals surface area contributed by atoms with Gasteiger partial charge in [-0.1, -0.05) is 17.7 Å². The van der Waals surface area contributed by atoms with Gasteiger partial charge in [-0.05, 0) is 50.5 Å². The molecule has 2 atom stereocenters. The average molecular weight is 242 g/mol. The molecule has 0 heterocycles. The van der Waals surface area contributed by atoms with Crippen molar-refractivity contribution in [2.45, 2.75) is 39.8 Å². The number of benzene rings is 1. The first-order chi connectivity index (χ1) is 7.45. The summed E-state index contributed by atoms with van der Waals surface area (Å²) < 4.78 is 0. The molecule has 0 aliphatic carbocycles. The van der Waals surface area contributed by atoms with Crippen molar-refractivity contribution >= 4 is 11.6 Å². The fraction of sp³-hybridized carbons (Fsp3) is 0.538. The lowest BCUT2D eigenvalue weighted by atomic mass is 10.0. The monoisotopic (exact) mass is 241 g/mol. The van der Waals surface area contributed by atoms with Crippen LogP contribution in [0, 0.1) is 13.8 Å². The molecule has 1 unspecified atom stereocenters. The van der Waals surface area contributed by atoms with E-state index >= 15 is 0 Å². The van der Waals surface area contributed by atoms with Crippen molar-refractivity contribution in [1.29, 1.82) is 0 Å². The van der Waals surface area contributed by atoms with E-state index in [-0.39, 0.29) is 18.7 Å². The zero-order valence-corrected chi connectivity index (χ0v) is 11.1. The minimum Gasteiger partial charge on any atom is -0.395 e. The Morgan fingerprint density at radius 1 is 1.25 bits per heavy atom. The summed E-state index contributed by atoms with van der Waals surface area (Å²) in [5.74, 6) is 0. The fourth-order valence-electron chi connectivity index (χ4n) is 1.70. The molecule has 0 fully saturated rings. The number of rotatable bonds is 4. The summed E-state index contributed by atoms with van der Waals surface area (Å²) >= 11 is 6.22. The molecule has 0 saturated heterocycles. The second-order valence-corrected chi connectivity index (χ2v) is 4.84. The molecule has 0 aliphatic rings. The highest BCUT2D eigenvalue weighted by atomic mass is 35.5. The Hall–Kier alpha value is -0.570. The predicted octanol–water partition coefficient (Wildman–Crippen LogP) is 2.99. The first-order valence-corrected chi connectivity index (χ1v) is 5.97. The molecule has 2 nitrogen and oxygen atoms in total. The van der Waals surface area contributed by atoms with Crippen molar-refractivity contribution in [3.05, 3.63) is 33.8 Å². The molecule has 0 bridgehead atoms. The third kappa shape index (κ3) is 3.21. The zero-order chi connectivity index (χ0) is 12.3. The number of aliphatic hydroxyl groups excluding tert-OH is 1. The number of nitrogens with one attached hydrogen (secondary N) is 1. The largest absolute Gasteiger partial charge is 0.395 e. The smallest absolute Gasteiger partial charge is 0.0582 e. The van der Waals surface area contributed by atoms with Gasteiger partial charge in [-0.2, -0.15) is 0 Å². The van der Waals surface area contributed by atoms with Gasteiger partial charge < -0.3 is 10.4 Å². The molecule has 2 N–H and O–H groups in total. The lowest BCUT2D eigenvalue weighted by Crippen LogP contribution is -2.31. The quantitative estimate of drug-likeness (QED) is 0.850.